The zero-order chi connectivity index (χ0) is 20.5. The molecule has 1 aromatic carbocycles. The van der Waals surface area contributed by atoms with Crippen LogP contribution in [0.3, 0.4) is 0 Å². The van der Waals surface area contributed by atoms with E-state index in [1.165, 1.54) is 0 Å². The summed E-state index contributed by atoms with van der Waals surface area (Å²) < 4.78 is 10.1. The van der Waals surface area contributed by atoms with Crippen molar-refractivity contribution in [3.63, 3.8) is 0 Å². The molecule has 3 N–H and O–H groups in total. The first-order valence-corrected chi connectivity index (χ1v) is 10.2. The standard InChI is InChI=1S/C21H25N8O/c1-27-13-26-20-19(27)15(12-18-28(2)16-6-3-4-7-17(16)30-18)25-14-29(20)11-5-8-22-21-23-9-10-24-21/h3-4,6-7,12-14H,5,8-11H2,1-2H3,(H2,22,23,24)/q+1/p+1. The van der Waals surface area contributed by atoms with Crippen LogP contribution in [0.5, 0.6) is 5.75 Å². The van der Waals surface area contributed by atoms with E-state index in [-0.39, 0.29) is 0 Å². The molecule has 0 atom stereocenters. The Hall–Kier alpha value is -3.62. The van der Waals surface area contributed by atoms with Crippen LogP contribution in [0.4, 0.5) is 5.69 Å². The van der Waals surface area contributed by atoms with Crippen molar-refractivity contribution in [2.45, 2.75) is 13.0 Å². The minimum absolute atomic E-state index is 0.752. The number of guanidine groups is 1. The molecule has 5 rings (SSSR count). The van der Waals surface area contributed by atoms with Crippen LogP contribution in [0, 0.1) is 0 Å². The number of para-hydroxylation sites is 2. The summed E-state index contributed by atoms with van der Waals surface area (Å²) in [7, 11) is 3.99. The van der Waals surface area contributed by atoms with E-state index in [1.54, 1.807) is 0 Å². The van der Waals surface area contributed by atoms with E-state index in [0.29, 0.717) is 0 Å². The fourth-order valence-electron chi connectivity index (χ4n) is 3.83. The van der Waals surface area contributed by atoms with Gasteiger partial charge in [0.25, 0.3) is 5.65 Å². The Kier molecular flexibility index (Phi) is 4.70. The van der Waals surface area contributed by atoms with Crippen LogP contribution in [0.25, 0.3) is 17.2 Å². The second kappa shape index (κ2) is 7.66. The first-order valence-electron chi connectivity index (χ1n) is 10.2. The first-order chi connectivity index (χ1) is 14.7. The average Bonchev–Trinajstić information content (AvgIpc) is 3.48. The lowest BCUT2D eigenvalue weighted by molar-refractivity contribution is -0.676. The van der Waals surface area contributed by atoms with Gasteiger partial charge in [-0.25, -0.2) is 4.57 Å². The molecule has 154 valence electrons. The van der Waals surface area contributed by atoms with Crippen molar-refractivity contribution >= 4 is 28.9 Å². The van der Waals surface area contributed by atoms with Crippen LogP contribution in [0.2, 0.25) is 0 Å². The van der Waals surface area contributed by atoms with Crippen molar-refractivity contribution in [2.24, 2.45) is 7.05 Å². The predicted octanol–water partition coefficient (Wildman–Crippen LogP) is -0.897. The van der Waals surface area contributed by atoms with Gasteiger partial charge >= 0.3 is 5.96 Å². The number of hydrogen-bond donors (Lipinski definition) is 3. The van der Waals surface area contributed by atoms with Gasteiger partial charge in [-0.3, -0.25) is 15.6 Å². The molecule has 0 bridgehead atoms. The molecule has 0 amide bonds. The van der Waals surface area contributed by atoms with Crippen molar-refractivity contribution in [1.29, 1.82) is 0 Å². The highest BCUT2D eigenvalue weighted by molar-refractivity contribution is 5.80. The fraction of sp³-hybridized carbons (Fsp3) is 0.333. The minimum atomic E-state index is 0.752. The summed E-state index contributed by atoms with van der Waals surface area (Å²) in [5.74, 6) is 2.63. The van der Waals surface area contributed by atoms with Gasteiger partial charge in [-0.15, -0.1) is 4.98 Å². The molecule has 0 unspecified atom stereocenters. The smallest absolute Gasteiger partial charge is 0.343 e. The number of hydrogen-bond acceptors (Lipinski definition) is 6. The Morgan fingerprint density at radius 3 is 3.03 bits per heavy atom. The van der Waals surface area contributed by atoms with E-state index in [4.69, 9.17) is 9.72 Å². The van der Waals surface area contributed by atoms with Crippen molar-refractivity contribution in [2.75, 3.05) is 31.6 Å². The summed E-state index contributed by atoms with van der Waals surface area (Å²) in [6, 6.07) is 8.01. The Balaban J connectivity index is 1.37. The van der Waals surface area contributed by atoms with Gasteiger partial charge in [0.15, 0.2) is 23.3 Å². The molecule has 4 heterocycles. The summed E-state index contributed by atoms with van der Waals surface area (Å²) in [6.07, 6.45) is 6.64. The normalized spacial score (nSPS) is 16.5. The van der Waals surface area contributed by atoms with Gasteiger partial charge < -0.3 is 14.2 Å². The molecule has 0 fully saturated rings. The third-order valence-electron chi connectivity index (χ3n) is 5.41. The molecule has 9 heteroatoms. The summed E-state index contributed by atoms with van der Waals surface area (Å²) in [6.45, 7) is 3.64. The number of anilines is 1. The van der Waals surface area contributed by atoms with E-state index >= 15 is 0 Å². The van der Waals surface area contributed by atoms with E-state index in [0.717, 1.165) is 72.7 Å². The van der Waals surface area contributed by atoms with Crippen LogP contribution >= 0.6 is 0 Å². The molecule has 3 aromatic rings. The lowest BCUT2D eigenvalue weighted by atomic mass is 10.3. The van der Waals surface area contributed by atoms with E-state index in [9.17, 15) is 0 Å². The molecule has 0 saturated carbocycles. The summed E-state index contributed by atoms with van der Waals surface area (Å²) in [5, 5.41) is 6.66. The summed E-state index contributed by atoms with van der Waals surface area (Å²) in [4.78, 5) is 14.7. The number of aryl methyl sites for hydroxylation is 2. The number of nitrogens with zero attached hydrogens (tertiary/aromatic N) is 5. The van der Waals surface area contributed by atoms with Gasteiger partial charge in [-0.2, -0.15) is 0 Å². The monoisotopic (exact) mass is 406 g/mol. The molecule has 30 heavy (non-hydrogen) atoms. The van der Waals surface area contributed by atoms with Crippen LogP contribution < -0.4 is 29.8 Å². The number of fused-ring (bicyclic) bond motifs is 2. The Morgan fingerprint density at radius 1 is 1.30 bits per heavy atom. The van der Waals surface area contributed by atoms with Crippen LogP contribution in [0.15, 0.2) is 42.8 Å². The van der Waals surface area contributed by atoms with E-state index in [1.807, 2.05) is 66.6 Å². The lowest BCUT2D eigenvalue weighted by Gasteiger charge is -2.10. The Bertz CT molecular complexity index is 1150. The maximum Gasteiger partial charge on any atom is 0.343 e. The Labute approximate surface area is 174 Å². The van der Waals surface area contributed by atoms with Crippen LogP contribution in [0.1, 0.15) is 12.1 Å². The molecule has 0 aliphatic carbocycles. The van der Waals surface area contributed by atoms with Crippen molar-refractivity contribution in [1.82, 2.24) is 25.2 Å². The zero-order valence-electron chi connectivity index (χ0n) is 17.2. The largest absolute Gasteiger partial charge is 0.439 e. The van der Waals surface area contributed by atoms with Crippen molar-refractivity contribution < 1.29 is 14.3 Å². The molecule has 2 aromatic heterocycles. The van der Waals surface area contributed by atoms with Gasteiger partial charge in [-0.05, 0) is 12.1 Å². The Morgan fingerprint density at radius 2 is 2.20 bits per heavy atom. The quantitative estimate of drug-likeness (QED) is 0.376. The minimum Gasteiger partial charge on any atom is -0.439 e. The number of benzene rings is 1. The number of ether oxygens (including phenoxy) is 1. The van der Waals surface area contributed by atoms with E-state index < -0.39 is 0 Å². The van der Waals surface area contributed by atoms with Gasteiger partial charge in [0, 0.05) is 26.6 Å². The predicted molar refractivity (Wildman–Crippen MR) is 114 cm³/mol. The SMILES string of the molecule is CN1C(=Cc2nc[n+](CCCNC3=[NH+]CCN3)c3ncn(C)c23)Oc2ccccc21. The van der Waals surface area contributed by atoms with Crippen LogP contribution in [-0.2, 0) is 13.6 Å². The molecule has 0 radical (unpaired) electrons. The number of imidazole rings is 1. The first kappa shape index (κ1) is 18.4. The second-order valence-corrected chi connectivity index (χ2v) is 7.47. The van der Waals surface area contributed by atoms with Crippen LogP contribution in [-0.4, -0.2) is 47.2 Å². The zero-order valence-corrected chi connectivity index (χ0v) is 17.2. The molecule has 2 aliphatic rings. The topological polar surface area (TPSA) is 85.1 Å². The summed E-state index contributed by atoms with van der Waals surface area (Å²) >= 11 is 0. The maximum atomic E-state index is 6.04. The fourth-order valence-corrected chi connectivity index (χ4v) is 3.83. The number of nitrogens with one attached hydrogen (secondary N) is 3. The molecule has 0 spiro atoms. The van der Waals surface area contributed by atoms with E-state index in [2.05, 4.69) is 25.2 Å². The molecular formula is C21H26N8O+2. The number of rotatable bonds is 5. The maximum absolute atomic E-state index is 6.04. The van der Waals surface area contributed by atoms with Crippen molar-refractivity contribution in [3.05, 3.63) is 48.5 Å². The van der Waals surface area contributed by atoms with Gasteiger partial charge in [0.2, 0.25) is 12.2 Å². The molecule has 2 aliphatic heterocycles. The third kappa shape index (κ3) is 3.32. The highest BCUT2D eigenvalue weighted by atomic mass is 16.5. The lowest BCUT2D eigenvalue weighted by Crippen LogP contribution is -2.73. The van der Waals surface area contributed by atoms with Gasteiger partial charge in [-0.1, -0.05) is 17.1 Å². The number of aromatic nitrogens is 4. The van der Waals surface area contributed by atoms with Gasteiger partial charge in [0.05, 0.1) is 31.9 Å². The van der Waals surface area contributed by atoms with Crippen molar-refractivity contribution in [3.8, 4) is 5.75 Å². The summed E-state index contributed by atoms with van der Waals surface area (Å²) in [5.41, 5.74) is 3.79. The molecule has 9 nitrogen and oxygen atoms in total. The molecule has 0 saturated heterocycles. The third-order valence-corrected chi connectivity index (χ3v) is 5.41. The molecular weight excluding hydrogens is 380 g/mol. The highest BCUT2D eigenvalue weighted by Crippen LogP contribution is 2.38. The second-order valence-electron chi connectivity index (χ2n) is 7.47. The van der Waals surface area contributed by atoms with Gasteiger partial charge in [0.1, 0.15) is 0 Å². The average molecular weight is 406 g/mol. The highest BCUT2D eigenvalue weighted by Gasteiger charge is 2.25.